The Kier molecular flexibility index (Phi) is 5.42. The van der Waals surface area contributed by atoms with Gasteiger partial charge in [-0.3, -0.25) is 0 Å². The lowest BCUT2D eigenvalue weighted by Gasteiger charge is -2.21. The van der Waals surface area contributed by atoms with Crippen LogP contribution in [0.4, 0.5) is 5.95 Å². The van der Waals surface area contributed by atoms with E-state index in [0.717, 1.165) is 30.0 Å². The van der Waals surface area contributed by atoms with Crippen LogP contribution in [-0.4, -0.2) is 27.1 Å². The van der Waals surface area contributed by atoms with Crippen molar-refractivity contribution in [3.05, 3.63) is 11.9 Å². The molecule has 18 heavy (non-hydrogen) atoms. The quantitative estimate of drug-likeness (QED) is 0.852. The summed E-state index contributed by atoms with van der Waals surface area (Å²) < 4.78 is 2.27. The van der Waals surface area contributed by atoms with E-state index >= 15 is 0 Å². The van der Waals surface area contributed by atoms with Crippen LogP contribution in [0, 0.1) is 6.92 Å². The summed E-state index contributed by atoms with van der Waals surface area (Å²) in [4.78, 5) is 4.59. The van der Waals surface area contributed by atoms with Gasteiger partial charge in [-0.25, -0.2) is 4.98 Å². The van der Waals surface area contributed by atoms with Crippen molar-refractivity contribution < 1.29 is 0 Å². The summed E-state index contributed by atoms with van der Waals surface area (Å²) in [5.74, 6) is 2.39. The van der Waals surface area contributed by atoms with Crippen LogP contribution in [0.5, 0.6) is 0 Å². The molecule has 1 fully saturated rings. The van der Waals surface area contributed by atoms with E-state index in [1.807, 2.05) is 0 Å². The molecule has 0 radical (unpaired) electrons. The lowest BCUT2D eigenvalue weighted by atomic mass is 10.2. The Labute approximate surface area is 115 Å². The summed E-state index contributed by atoms with van der Waals surface area (Å²) in [6.45, 7) is 6.45. The van der Waals surface area contributed by atoms with Crippen molar-refractivity contribution >= 4 is 17.7 Å². The van der Waals surface area contributed by atoms with Crippen LogP contribution >= 0.6 is 11.8 Å². The highest BCUT2D eigenvalue weighted by Crippen LogP contribution is 2.25. The second-order valence-corrected chi connectivity index (χ2v) is 6.53. The Morgan fingerprint density at radius 3 is 3.11 bits per heavy atom. The number of unbranched alkanes of at least 4 members (excludes halogenated alkanes) is 1. The summed E-state index contributed by atoms with van der Waals surface area (Å²) in [5, 5.41) is 4.32. The highest BCUT2D eigenvalue weighted by Gasteiger charge is 2.14. The van der Waals surface area contributed by atoms with Crippen molar-refractivity contribution in [3.8, 4) is 0 Å². The van der Waals surface area contributed by atoms with Crippen LogP contribution in [0.2, 0.25) is 0 Å². The van der Waals surface area contributed by atoms with E-state index in [-0.39, 0.29) is 0 Å². The molecule has 1 saturated heterocycles. The van der Waals surface area contributed by atoms with E-state index in [1.54, 1.807) is 0 Å². The molecule has 1 atom stereocenters. The molecule has 0 bridgehead atoms. The molecule has 1 aromatic heterocycles. The van der Waals surface area contributed by atoms with Crippen LogP contribution in [0.3, 0.4) is 0 Å². The van der Waals surface area contributed by atoms with Crippen molar-refractivity contribution in [1.82, 2.24) is 9.55 Å². The van der Waals surface area contributed by atoms with Gasteiger partial charge >= 0.3 is 0 Å². The zero-order valence-corrected chi connectivity index (χ0v) is 12.4. The van der Waals surface area contributed by atoms with Crippen molar-refractivity contribution in [2.75, 3.05) is 17.6 Å². The molecular formula is C14H25N3S. The molecule has 0 spiro atoms. The highest BCUT2D eigenvalue weighted by molar-refractivity contribution is 7.99. The van der Waals surface area contributed by atoms with Gasteiger partial charge in [0, 0.05) is 24.5 Å². The topological polar surface area (TPSA) is 29.9 Å². The predicted molar refractivity (Wildman–Crippen MR) is 80.5 cm³/mol. The van der Waals surface area contributed by atoms with Crippen molar-refractivity contribution in [1.29, 1.82) is 0 Å². The summed E-state index contributed by atoms with van der Waals surface area (Å²) in [5.41, 5.74) is 1.12. The maximum atomic E-state index is 4.59. The zero-order valence-electron chi connectivity index (χ0n) is 11.6. The smallest absolute Gasteiger partial charge is 0.203 e. The van der Waals surface area contributed by atoms with E-state index in [2.05, 4.69) is 46.7 Å². The molecule has 1 unspecified atom stereocenters. The summed E-state index contributed by atoms with van der Waals surface area (Å²) in [6.07, 6.45) is 8.75. The number of thioether (sulfide) groups is 1. The molecule has 1 aliphatic heterocycles. The van der Waals surface area contributed by atoms with Gasteiger partial charge in [0.25, 0.3) is 0 Å². The van der Waals surface area contributed by atoms with E-state index in [0.29, 0.717) is 0 Å². The minimum Gasteiger partial charge on any atom is -0.355 e. The maximum absolute atomic E-state index is 4.59. The second kappa shape index (κ2) is 7.07. The van der Waals surface area contributed by atoms with Crippen LogP contribution in [-0.2, 0) is 6.54 Å². The Morgan fingerprint density at radius 1 is 1.50 bits per heavy atom. The fraction of sp³-hybridized carbons (Fsp3) is 0.786. The van der Waals surface area contributed by atoms with Crippen molar-refractivity contribution in [3.63, 3.8) is 0 Å². The Bertz CT molecular complexity index is 356. The molecule has 0 aromatic carbocycles. The number of imidazole rings is 1. The van der Waals surface area contributed by atoms with E-state index in [1.165, 1.54) is 37.9 Å². The standard InChI is InChI=1S/C14H25N3S/c1-3-4-8-17-11-12(2)16-14(17)15-10-13-7-5-6-9-18-13/h11,13H,3-10H2,1-2H3,(H,15,16). The molecule has 2 rings (SSSR count). The first-order valence-electron chi connectivity index (χ1n) is 7.19. The summed E-state index contributed by atoms with van der Waals surface area (Å²) in [7, 11) is 0. The number of nitrogens with one attached hydrogen (secondary N) is 1. The lowest BCUT2D eigenvalue weighted by Crippen LogP contribution is -2.21. The summed E-state index contributed by atoms with van der Waals surface area (Å²) >= 11 is 2.11. The number of aromatic nitrogens is 2. The molecule has 3 nitrogen and oxygen atoms in total. The molecule has 0 amide bonds. The van der Waals surface area contributed by atoms with Crippen LogP contribution in [0.25, 0.3) is 0 Å². The molecule has 0 saturated carbocycles. The molecular weight excluding hydrogens is 242 g/mol. The Morgan fingerprint density at radius 2 is 2.39 bits per heavy atom. The van der Waals surface area contributed by atoms with Crippen LogP contribution < -0.4 is 5.32 Å². The zero-order chi connectivity index (χ0) is 12.8. The number of rotatable bonds is 6. The third-order valence-electron chi connectivity index (χ3n) is 3.41. The van der Waals surface area contributed by atoms with Gasteiger partial charge in [-0.1, -0.05) is 19.8 Å². The number of anilines is 1. The average molecular weight is 267 g/mol. The van der Waals surface area contributed by atoms with Crippen molar-refractivity contribution in [2.24, 2.45) is 0 Å². The molecule has 0 aliphatic carbocycles. The monoisotopic (exact) mass is 267 g/mol. The van der Waals surface area contributed by atoms with E-state index in [4.69, 9.17) is 0 Å². The lowest BCUT2D eigenvalue weighted by molar-refractivity contribution is 0.630. The fourth-order valence-corrected chi connectivity index (χ4v) is 3.60. The molecule has 2 heterocycles. The van der Waals surface area contributed by atoms with Gasteiger partial charge in [0.15, 0.2) is 0 Å². The normalized spacial score (nSPS) is 20.0. The average Bonchev–Trinajstić information content (AvgIpc) is 2.75. The van der Waals surface area contributed by atoms with Gasteiger partial charge in [-0.2, -0.15) is 11.8 Å². The number of hydrogen-bond donors (Lipinski definition) is 1. The minimum absolute atomic E-state index is 0.774. The predicted octanol–water partition coefficient (Wildman–Crippen LogP) is 3.69. The van der Waals surface area contributed by atoms with Gasteiger partial charge in [0.2, 0.25) is 5.95 Å². The highest BCUT2D eigenvalue weighted by atomic mass is 32.2. The van der Waals surface area contributed by atoms with Gasteiger partial charge in [0.05, 0.1) is 5.69 Å². The summed E-state index contributed by atoms with van der Waals surface area (Å²) in [6, 6.07) is 0. The van der Waals surface area contributed by atoms with Crippen LogP contribution in [0.1, 0.15) is 44.7 Å². The number of hydrogen-bond acceptors (Lipinski definition) is 3. The molecule has 4 heteroatoms. The third kappa shape index (κ3) is 3.94. The first-order chi connectivity index (χ1) is 8.79. The molecule has 1 aliphatic rings. The fourth-order valence-electron chi connectivity index (χ4n) is 2.36. The molecule has 102 valence electrons. The third-order valence-corrected chi connectivity index (χ3v) is 4.81. The van der Waals surface area contributed by atoms with Gasteiger partial charge in [-0.15, -0.1) is 0 Å². The second-order valence-electron chi connectivity index (χ2n) is 5.12. The van der Waals surface area contributed by atoms with E-state index in [9.17, 15) is 0 Å². The Hall–Kier alpha value is -0.640. The van der Waals surface area contributed by atoms with Gasteiger partial charge < -0.3 is 9.88 Å². The minimum atomic E-state index is 0.774. The first kappa shape index (κ1) is 13.8. The Balaban J connectivity index is 1.86. The maximum Gasteiger partial charge on any atom is 0.203 e. The van der Waals surface area contributed by atoms with Gasteiger partial charge in [-0.05, 0) is 31.9 Å². The number of aryl methyl sites for hydroxylation is 2. The largest absolute Gasteiger partial charge is 0.355 e. The number of nitrogens with zero attached hydrogens (tertiary/aromatic N) is 2. The van der Waals surface area contributed by atoms with Crippen molar-refractivity contribution in [2.45, 2.75) is 57.7 Å². The molecule has 1 N–H and O–H groups in total. The van der Waals surface area contributed by atoms with Crippen LogP contribution in [0.15, 0.2) is 6.20 Å². The molecule has 1 aromatic rings. The van der Waals surface area contributed by atoms with Gasteiger partial charge in [0.1, 0.15) is 0 Å². The first-order valence-corrected chi connectivity index (χ1v) is 8.23. The van der Waals surface area contributed by atoms with E-state index < -0.39 is 0 Å². The SMILES string of the molecule is CCCCn1cc(C)nc1NCC1CCCCS1.